The number of imide groups is 1. The van der Waals surface area contributed by atoms with E-state index in [4.69, 9.17) is 5.11 Å². The van der Waals surface area contributed by atoms with E-state index in [0.29, 0.717) is 29.8 Å². The van der Waals surface area contributed by atoms with Crippen LogP contribution in [-0.2, 0) is 14.4 Å². The zero-order valence-corrected chi connectivity index (χ0v) is 15.4. The average Bonchev–Trinajstić information content (AvgIpc) is 3.07. The fraction of sp³-hybridized carbons (Fsp3) is 0.182. The first-order valence-electron chi connectivity index (χ1n) is 8.94. The topological polar surface area (TPSA) is 87.6 Å². The summed E-state index contributed by atoms with van der Waals surface area (Å²) in [6, 6.07) is 12.4. The van der Waals surface area contributed by atoms with Crippen LogP contribution in [-0.4, -0.2) is 39.3 Å². The molecule has 0 spiro atoms. The number of carbonyl (C=O) groups excluding carboxylic acids is 2. The van der Waals surface area contributed by atoms with Gasteiger partial charge in [-0.2, -0.15) is 0 Å². The van der Waals surface area contributed by atoms with Gasteiger partial charge >= 0.3 is 5.97 Å². The molecule has 1 aliphatic heterocycles. The molecule has 6 nitrogen and oxygen atoms in total. The maximum Gasteiger partial charge on any atom is 0.310 e. The van der Waals surface area contributed by atoms with Crippen LogP contribution in [0.3, 0.4) is 0 Å². The molecule has 2 amide bonds. The van der Waals surface area contributed by atoms with E-state index in [1.54, 1.807) is 61.7 Å². The number of aliphatic carboxylic acids is 1. The summed E-state index contributed by atoms with van der Waals surface area (Å²) in [4.78, 5) is 41.2. The molecule has 1 aromatic carbocycles. The Morgan fingerprint density at radius 2 is 1.93 bits per heavy atom. The first-order chi connectivity index (χ1) is 13.5. The molecule has 1 unspecified atom stereocenters. The summed E-state index contributed by atoms with van der Waals surface area (Å²) in [6.07, 6.45) is 6.79. The van der Waals surface area contributed by atoms with Gasteiger partial charge in [0.2, 0.25) is 0 Å². The summed E-state index contributed by atoms with van der Waals surface area (Å²) in [5.41, 5.74) is 2.69. The Hall–Kier alpha value is -3.54. The smallest absolute Gasteiger partial charge is 0.310 e. The zero-order chi connectivity index (χ0) is 20.1. The number of aromatic nitrogens is 1. The molecule has 1 aliphatic rings. The Kier molecular flexibility index (Phi) is 5.79. The maximum absolute atomic E-state index is 12.5. The number of carboxylic acids is 1. The molecule has 6 heteroatoms. The van der Waals surface area contributed by atoms with Crippen molar-refractivity contribution in [3.63, 3.8) is 0 Å². The predicted octanol–water partition coefficient (Wildman–Crippen LogP) is 3.13. The molecule has 1 fully saturated rings. The van der Waals surface area contributed by atoms with Gasteiger partial charge in [-0.25, -0.2) is 0 Å². The molecule has 0 saturated carbocycles. The van der Waals surface area contributed by atoms with E-state index in [-0.39, 0.29) is 11.8 Å². The SMILES string of the molecule is CC(C(=O)O)c1ccc(C=C2CCN(C(=O)/C=C/c3ccccn3)C2=O)cc1. The lowest BCUT2D eigenvalue weighted by atomic mass is 9.99. The molecule has 28 heavy (non-hydrogen) atoms. The number of hydrogen-bond acceptors (Lipinski definition) is 4. The number of amides is 2. The Bertz CT molecular complexity index is 946. The van der Waals surface area contributed by atoms with Crippen molar-refractivity contribution in [1.82, 2.24) is 9.88 Å². The number of carboxylic acid groups (broad SMARTS) is 1. The number of likely N-dealkylation sites (tertiary alicyclic amines) is 1. The van der Waals surface area contributed by atoms with Crippen LogP contribution < -0.4 is 0 Å². The Morgan fingerprint density at radius 1 is 1.18 bits per heavy atom. The highest BCUT2D eigenvalue weighted by atomic mass is 16.4. The van der Waals surface area contributed by atoms with Crippen molar-refractivity contribution in [2.75, 3.05) is 6.54 Å². The highest BCUT2D eigenvalue weighted by molar-refractivity contribution is 6.12. The Balaban J connectivity index is 1.68. The standard InChI is InChI=1S/C22H20N2O4/c1-15(22(27)28)17-7-5-16(6-8-17)14-18-11-13-24(21(18)26)20(25)10-9-19-4-2-3-12-23-19/h2-10,12,14-15H,11,13H2,1H3,(H,27,28)/b10-9+,18-14?. The monoisotopic (exact) mass is 376 g/mol. The summed E-state index contributed by atoms with van der Waals surface area (Å²) in [5.74, 6) is -2.15. The summed E-state index contributed by atoms with van der Waals surface area (Å²) in [7, 11) is 0. The van der Waals surface area contributed by atoms with Crippen LogP contribution >= 0.6 is 0 Å². The van der Waals surface area contributed by atoms with Crippen LogP contribution in [0.5, 0.6) is 0 Å². The predicted molar refractivity (Wildman–Crippen MR) is 105 cm³/mol. The summed E-state index contributed by atoms with van der Waals surface area (Å²) >= 11 is 0. The van der Waals surface area contributed by atoms with Crippen LogP contribution in [0.2, 0.25) is 0 Å². The molecule has 3 rings (SSSR count). The Morgan fingerprint density at radius 3 is 2.57 bits per heavy atom. The second kappa shape index (κ2) is 8.43. The van der Waals surface area contributed by atoms with Gasteiger partial charge in [0.25, 0.3) is 11.8 Å². The molecule has 0 aliphatic carbocycles. The largest absolute Gasteiger partial charge is 0.481 e. The van der Waals surface area contributed by atoms with Crippen LogP contribution in [0.4, 0.5) is 0 Å². The fourth-order valence-corrected chi connectivity index (χ4v) is 2.90. The summed E-state index contributed by atoms with van der Waals surface area (Å²) < 4.78 is 0. The second-order valence-corrected chi connectivity index (χ2v) is 6.53. The second-order valence-electron chi connectivity index (χ2n) is 6.53. The van der Waals surface area contributed by atoms with Crippen molar-refractivity contribution in [3.8, 4) is 0 Å². The fourth-order valence-electron chi connectivity index (χ4n) is 2.90. The molecule has 142 valence electrons. The normalized spacial score (nSPS) is 16.7. The minimum absolute atomic E-state index is 0.307. The lowest BCUT2D eigenvalue weighted by Gasteiger charge is -2.10. The minimum Gasteiger partial charge on any atom is -0.481 e. The van der Waals surface area contributed by atoms with Gasteiger partial charge in [0.05, 0.1) is 11.6 Å². The van der Waals surface area contributed by atoms with Gasteiger partial charge in [-0.1, -0.05) is 30.3 Å². The van der Waals surface area contributed by atoms with Crippen molar-refractivity contribution >= 4 is 29.9 Å². The molecule has 1 atom stereocenters. The number of pyridine rings is 1. The highest BCUT2D eigenvalue weighted by Crippen LogP contribution is 2.22. The molecule has 1 N–H and O–H groups in total. The third-order valence-electron chi connectivity index (χ3n) is 4.62. The zero-order valence-electron chi connectivity index (χ0n) is 15.4. The van der Waals surface area contributed by atoms with E-state index in [9.17, 15) is 14.4 Å². The molecule has 2 heterocycles. The number of hydrogen-bond donors (Lipinski definition) is 1. The first-order valence-corrected chi connectivity index (χ1v) is 8.94. The van der Waals surface area contributed by atoms with Gasteiger partial charge in [-0.15, -0.1) is 0 Å². The van der Waals surface area contributed by atoms with E-state index >= 15 is 0 Å². The van der Waals surface area contributed by atoms with E-state index in [1.807, 2.05) is 6.07 Å². The average molecular weight is 376 g/mol. The molecular weight excluding hydrogens is 356 g/mol. The lowest BCUT2D eigenvalue weighted by molar-refractivity contribution is -0.139. The highest BCUT2D eigenvalue weighted by Gasteiger charge is 2.29. The third-order valence-corrected chi connectivity index (χ3v) is 4.62. The van der Waals surface area contributed by atoms with Crippen LogP contribution in [0.1, 0.15) is 36.1 Å². The minimum atomic E-state index is -0.884. The van der Waals surface area contributed by atoms with Gasteiger partial charge < -0.3 is 5.11 Å². The van der Waals surface area contributed by atoms with Gasteiger partial charge in [0, 0.05) is 24.4 Å². The van der Waals surface area contributed by atoms with E-state index in [0.717, 1.165) is 5.56 Å². The van der Waals surface area contributed by atoms with Gasteiger partial charge in [0.15, 0.2) is 0 Å². The van der Waals surface area contributed by atoms with Crippen molar-refractivity contribution in [1.29, 1.82) is 0 Å². The van der Waals surface area contributed by atoms with E-state index in [2.05, 4.69) is 4.98 Å². The van der Waals surface area contributed by atoms with Crippen LogP contribution in [0.25, 0.3) is 12.2 Å². The number of carbonyl (C=O) groups is 3. The molecule has 0 radical (unpaired) electrons. The molecule has 2 aromatic rings. The van der Waals surface area contributed by atoms with Crippen molar-refractivity contribution < 1.29 is 19.5 Å². The molecular formula is C22H20N2O4. The number of rotatable bonds is 5. The molecule has 1 saturated heterocycles. The van der Waals surface area contributed by atoms with Gasteiger partial charge in [-0.3, -0.25) is 24.3 Å². The van der Waals surface area contributed by atoms with Gasteiger partial charge in [0.1, 0.15) is 0 Å². The number of benzene rings is 1. The van der Waals surface area contributed by atoms with Crippen LogP contribution in [0.15, 0.2) is 60.3 Å². The Labute approximate surface area is 162 Å². The third kappa shape index (κ3) is 4.40. The first kappa shape index (κ1) is 19.2. The lowest BCUT2D eigenvalue weighted by Crippen LogP contribution is -2.30. The van der Waals surface area contributed by atoms with Crippen molar-refractivity contribution in [3.05, 3.63) is 77.1 Å². The summed E-state index contributed by atoms with van der Waals surface area (Å²) in [5, 5.41) is 9.06. The van der Waals surface area contributed by atoms with Crippen molar-refractivity contribution in [2.24, 2.45) is 0 Å². The summed E-state index contributed by atoms with van der Waals surface area (Å²) in [6.45, 7) is 1.96. The van der Waals surface area contributed by atoms with E-state index < -0.39 is 11.9 Å². The van der Waals surface area contributed by atoms with Crippen LogP contribution in [0, 0.1) is 0 Å². The molecule has 1 aromatic heterocycles. The van der Waals surface area contributed by atoms with Gasteiger partial charge in [-0.05, 0) is 48.8 Å². The van der Waals surface area contributed by atoms with Crippen molar-refractivity contribution in [2.45, 2.75) is 19.3 Å². The van der Waals surface area contributed by atoms with E-state index in [1.165, 1.54) is 11.0 Å². The maximum atomic E-state index is 12.5. The molecule has 0 bridgehead atoms. The quantitative estimate of drug-likeness (QED) is 0.810. The number of nitrogens with zero attached hydrogens (tertiary/aromatic N) is 2.